The van der Waals surface area contributed by atoms with Gasteiger partial charge in [-0.05, 0) is 50.8 Å². The van der Waals surface area contributed by atoms with E-state index in [1.54, 1.807) is 12.1 Å². The van der Waals surface area contributed by atoms with Crippen LogP contribution < -0.4 is 9.62 Å². The number of sulfonamides is 1. The van der Waals surface area contributed by atoms with Crippen LogP contribution in [0.5, 0.6) is 0 Å². The maximum atomic E-state index is 13.7. The first-order valence-corrected chi connectivity index (χ1v) is 14.1. The number of carbonyl (C=O) groups is 2. The summed E-state index contributed by atoms with van der Waals surface area (Å²) in [5.41, 5.74) is 3.40. The second kappa shape index (κ2) is 11.7. The molecule has 7 nitrogen and oxygen atoms in total. The minimum Gasteiger partial charge on any atom is -0.352 e. The normalized spacial score (nSPS) is 15.0. The monoisotopic (exact) mass is 499 g/mol. The van der Waals surface area contributed by atoms with E-state index in [0.717, 1.165) is 52.9 Å². The highest BCUT2D eigenvalue weighted by Gasteiger charge is 2.33. The van der Waals surface area contributed by atoms with Crippen molar-refractivity contribution in [3.8, 4) is 0 Å². The average molecular weight is 500 g/mol. The third kappa shape index (κ3) is 7.31. The summed E-state index contributed by atoms with van der Waals surface area (Å²) in [4.78, 5) is 28.5. The maximum absolute atomic E-state index is 13.7. The van der Waals surface area contributed by atoms with Crippen molar-refractivity contribution in [2.24, 2.45) is 0 Å². The van der Waals surface area contributed by atoms with E-state index in [1.165, 1.54) is 4.90 Å². The SMILES string of the molecule is CC[C@H](C(=O)NC1CCCC1)N(Cc1ccc(C)cc1)C(=O)CN(c1ccc(C)cc1)S(C)(=O)=O. The van der Waals surface area contributed by atoms with Crippen molar-refractivity contribution in [1.82, 2.24) is 10.2 Å². The summed E-state index contributed by atoms with van der Waals surface area (Å²) in [6.07, 6.45) is 5.60. The molecule has 1 aliphatic rings. The predicted octanol–water partition coefficient (Wildman–Crippen LogP) is 3.94. The fourth-order valence-electron chi connectivity index (χ4n) is 4.50. The van der Waals surface area contributed by atoms with Crippen LogP contribution in [0.25, 0.3) is 0 Å². The van der Waals surface area contributed by atoms with E-state index >= 15 is 0 Å². The number of hydrogen-bond donors (Lipinski definition) is 1. The molecule has 190 valence electrons. The number of nitrogens with zero attached hydrogens (tertiary/aromatic N) is 2. The van der Waals surface area contributed by atoms with E-state index in [4.69, 9.17) is 0 Å². The highest BCUT2D eigenvalue weighted by atomic mass is 32.2. The van der Waals surface area contributed by atoms with Gasteiger partial charge in [0.25, 0.3) is 0 Å². The molecule has 1 aliphatic carbocycles. The summed E-state index contributed by atoms with van der Waals surface area (Å²) in [6, 6.07) is 14.3. The molecular weight excluding hydrogens is 462 g/mol. The molecule has 0 bridgehead atoms. The Hall–Kier alpha value is -2.87. The molecule has 0 unspecified atom stereocenters. The molecule has 0 aliphatic heterocycles. The van der Waals surface area contributed by atoms with Crippen molar-refractivity contribution in [3.63, 3.8) is 0 Å². The van der Waals surface area contributed by atoms with Gasteiger partial charge in [-0.2, -0.15) is 0 Å². The number of aryl methyl sites for hydroxylation is 2. The largest absolute Gasteiger partial charge is 0.352 e. The van der Waals surface area contributed by atoms with Gasteiger partial charge in [0.05, 0.1) is 11.9 Å². The van der Waals surface area contributed by atoms with Crippen LogP contribution in [0.15, 0.2) is 48.5 Å². The van der Waals surface area contributed by atoms with Crippen LogP contribution >= 0.6 is 0 Å². The highest BCUT2D eigenvalue weighted by molar-refractivity contribution is 7.92. The average Bonchev–Trinajstić information content (AvgIpc) is 3.31. The number of anilines is 1. The second-order valence-electron chi connectivity index (χ2n) is 9.53. The quantitative estimate of drug-likeness (QED) is 0.537. The van der Waals surface area contributed by atoms with Crippen molar-refractivity contribution in [3.05, 3.63) is 65.2 Å². The van der Waals surface area contributed by atoms with Crippen LogP contribution in [0.4, 0.5) is 5.69 Å². The number of benzene rings is 2. The number of amides is 2. The van der Waals surface area contributed by atoms with Gasteiger partial charge in [-0.15, -0.1) is 0 Å². The lowest BCUT2D eigenvalue weighted by Gasteiger charge is -2.33. The predicted molar refractivity (Wildman–Crippen MR) is 140 cm³/mol. The molecule has 0 aromatic heterocycles. The van der Waals surface area contributed by atoms with E-state index in [2.05, 4.69) is 5.32 Å². The summed E-state index contributed by atoms with van der Waals surface area (Å²) >= 11 is 0. The highest BCUT2D eigenvalue weighted by Crippen LogP contribution is 2.22. The summed E-state index contributed by atoms with van der Waals surface area (Å²) in [5, 5.41) is 3.12. The van der Waals surface area contributed by atoms with Gasteiger partial charge in [0.15, 0.2) is 0 Å². The summed E-state index contributed by atoms with van der Waals surface area (Å²) < 4.78 is 26.4. The first kappa shape index (κ1) is 26.7. The van der Waals surface area contributed by atoms with Crippen LogP contribution in [-0.2, 0) is 26.2 Å². The molecule has 1 N–H and O–H groups in total. The molecule has 2 aromatic carbocycles. The van der Waals surface area contributed by atoms with Gasteiger partial charge in [-0.25, -0.2) is 8.42 Å². The lowest BCUT2D eigenvalue weighted by molar-refractivity contribution is -0.140. The van der Waals surface area contributed by atoms with Crippen LogP contribution in [0.3, 0.4) is 0 Å². The van der Waals surface area contributed by atoms with Gasteiger partial charge in [-0.3, -0.25) is 13.9 Å². The smallest absolute Gasteiger partial charge is 0.244 e. The Morgan fingerprint density at radius 3 is 2.03 bits per heavy atom. The Bertz CT molecular complexity index is 1110. The third-order valence-corrected chi connectivity index (χ3v) is 7.70. The van der Waals surface area contributed by atoms with Gasteiger partial charge in [-0.1, -0.05) is 67.3 Å². The van der Waals surface area contributed by atoms with Gasteiger partial charge in [0, 0.05) is 12.6 Å². The molecule has 35 heavy (non-hydrogen) atoms. The first-order chi connectivity index (χ1) is 16.6. The molecule has 0 saturated heterocycles. The summed E-state index contributed by atoms with van der Waals surface area (Å²) in [7, 11) is -3.72. The molecule has 3 rings (SSSR count). The van der Waals surface area contributed by atoms with Gasteiger partial charge < -0.3 is 10.2 Å². The molecular formula is C27H37N3O4S. The van der Waals surface area contributed by atoms with Crippen molar-refractivity contribution >= 4 is 27.5 Å². The standard InChI is InChI=1S/C27H37N3O4S/c1-5-25(27(32)28-23-8-6-7-9-23)29(18-22-14-10-20(2)11-15-22)26(31)19-30(35(4,33)34)24-16-12-21(3)13-17-24/h10-17,23,25H,5-9,18-19H2,1-4H3,(H,28,32)/t25-/m1/s1. The van der Waals surface area contributed by atoms with E-state index in [9.17, 15) is 18.0 Å². The lowest BCUT2D eigenvalue weighted by Crippen LogP contribution is -2.53. The van der Waals surface area contributed by atoms with Crippen molar-refractivity contribution < 1.29 is 18.0 Å². The van der Waals surface area contributed by atoms with Crippen molar-refractivity contribution in [2.45, 2.75) is 71.5 Å². The summed E-state index contributed by atoms with van der Waals surface area (Å²) in [5.74, 6) is -0.592. The lowest BCUT2D eigenvalue weighted by atomic mass is 10.1. The zero-order valence-corrected chi connectivity index (χ0v) is 22.0. The van der Waals surface area contributed by atoms with Crippen molar-refractivity contribution in [1.29, 1.82) is 0 Å². The molecule has 2 aromatic rings. The van der Waals surface area contributed by atoms with E-state index in [0.29, 0.717) is 12.1 Å². The fraction of sp³-hybridized carbons (Fsp3) is 0.481. The number of hydrogen-bond acceptors (Lipinski definition) is 4. The second-order valence-corrected chi connectivity index (χ2v) is 11.4. The Balaban J connectivity index is 1.90. The molecule has 1 atom stereocenters. The Labute approximate surface area is 209 Å². The zero-order valence-electron chi connectivity index (χ0n) is 21.2. The topological polar surface area (TPSA) is 86.8 Å². The Kier molecular flexibility index (Phi) is 8.94. The van der Waals surface area contributed by atoms with E-state index in [-0.39, 0.29) is 25.0 Å². The number of nitrogens with one attached hydrogen (secondary N) is 1. The Morgan fingerprint density at radius 1 is 0.971 bits per heavy atom. The minimum atomic E-state index is -3.72. The van der Waals surface area contributed by atoms with Crippen LogP contribution in [0.2, 0.25) is 0 Å². The first-order valence-electron chi connectivity index (χ1n) is 12.3. The number of rotatable bonds is 10. The number of carbonyl (C=O) groups excluding carboxylic acids is 2. The van der Waals surface area contributed by atoms with E-state index < -0.39 is 22.0 Å². The van der Waals surface area contributed by atoms with Crippen LogP contribution in [0.1, 0.15) is 55.7 Å². The molecule has 2 amide bonds. The van der Waals surface area contributed by atoms with Gasteiger partial charge >= 0.3 is 0 Å². The van der Waals surface area contributed by atoms with E-state index in [1.807, 2.05) is 57.2 Å². The summed E-state index contributed by atoms with van der Waals surface area (Å²) in [6.45, 7) is 5.63. The van der Waals surface area contributed by atoms with Gasteiger partial charge in [0.1, 0.15) is 12.6 Å². The van der Waals surface area contributed by atoms with Gasteiger partial charge in [0.2, 0.25) is 21.8 Å². The molecule has 0 heterocycles. The fourth-order valence-corrected chi connectivity index (χ4v) is 5.35. The molecule has 8 heteroatoms. The minimum absolute atomic E-state index is 0.132. The maximum Gasteiger partial charge on any atom is 0.244 e. The molecule has 1 saturated carbocycles. The Morgan fingerprint density at radius 2 is 1.51 bits per heavy atom. The molecule has 1 fully saturated rings. The molecule has 0 radical (unpaired) electrons. The van der Waals surface area contributed by atoms with Crippen molar-refractivity contribution in [2.75, 3.05) is 17.1 Å². The van der Waals surface area contributed by atoms with Crippen LogP contribution in [0, 0.1) is 13.8 Å². The van der Waals surface area contributed by atoms with Crippen LogP contribution in [-0.4, -0.2) is 50.0 Å². The zero-order chi connectivity index (χ0) is 25.6. The third-order valence-electron chi connectivity index (χ3n) is 6.56. The molecule has 0 spiro atoms.